The van der Waals surface area contributed by atoms with Crippen LogP contribution in [-0.2, 0) is 9.47 Å². The van der Waals surface area contributed by atoms with Gasteiger partial charge in [-0.05, 0) is 12.5 Å². The Balaban J connectivity index is 2.30. The van der Waals surface area contributed by atoms with E-state index in [0.717, 1.165) is 18.6 Å². The second kappa shape index (κ2) is 5.22. The molecule has 6 heteroatoms. The average Bonchev–Trinajstić information content (AvgIpc) is 2.85. The van der Waals surface area contributed by atoms with Gasteiger partial charge in [0.15, 0.2) is 11.6 Å². The summed E-state index contributed by atoms with van der Waals surface area (Å²) in [6.45, 7) is 1.13. The summed E-state index contributed by atoms with van der Waals surface area (Å²) in [5.74, 6) is -2.00. The number of anilines is 1. The minimum Gasteiger partial charge on any atom is -0.505 e. The van der Waals surface area contributed by atoms with Crippen molar-refractivity contribution in [3.05, 3.63) is 23.5 Å². The summed E-state index contributed by atoms with van der Waals surface area (Å²) in [6.07, 6.45) is 0.781. The summed E-state index contributed by atoms with van der Waals surface area (Å²) in [5.41, 5.74) is 0.399. The fourth-order valence-corrected chi connectivity index (χ4v) is 1.83. The number of ether oxygens (including phenoxy) is 2. The van der Waals surface area contributed by atoms with Crippen molar-refractivity contribution < 1.29 is 23.8 Å². The molecule has 1 aliphatic heterocycles. The second-order valence-corrected chi connectivity index (χ2v) is 4.05. The molecule has 0 aliphatic carbocycles. The predicted octanol–water partition coefficient (Wildman–Crippen LogP) is 1.52. The Hall–Kier alpha value is -1.82. The van der Waals surface area contributed by atoms with E-state index in [2.05, 4.69) is 10.1 Å². The van der Waals surface area contributed by atoms with Crippen molar-refractivity contribution in [2.45, 2.75) is 12.5 Å². The molecule has 1 fully saturated rings. The molecule has 98 valence electrons. The summed E-state index contributed by atoms with van der Waals surface area (Å²) in [4.78, 5) is 11.5. The van der Waals surface area contributed by atoms with Gasteiger partial charge < -0.3 is 19.9 Å². The number of nitrogens with one attached hydrogen (secondary N) is 1. The van der Waals surface area contributed by atoms with Gasteiger partial charge in [-0.25, -0.2) is 9.18 Å². The highest BCUT2D eigenvalue weighted by Gasteiger charge is 2.21. The lowest BCUT2D eigenvalue weighted by Gasteiger charge is -2.15. The van der Waals surface area contributed by atoms with E-state index in [1.54, 1.807) is 0 Å². The van der Waals surface area contributed by atoms with Crippen molar-refractivity contribution in [2.75, 3.05) is 25.6 Å². The molecule has 2 rings (SSSR count). The van der Waals surface area contributed by atoms with Gasteiger partial charge in [-0.1, -0.05) is 0 Å². The van der Waals surface area contributed by atoms with Crippen LogP contribution in [0.3, 0.4) is 0 Å². The Morgan fingerprint density at radius 1 is 1.61 bits per heavy atom. The molecule has 0 spiro atoms. The van der Waals surface area contributed by atoms with Crippen molar-refractivity contribution >= 4 is 11.7 Å². The van der Waals surface area contributed by atoms with Gasteiger partial charge in [0.25, 0.3) is 0 Å². The summed E-state index contributed by atoms with van der Waals surface area (Å²) < 4.78 is 23.1. The first-order valence-electron chi connectivity index (χ1n) is 5.57. The summed E-state index contributed by atoms with van der Waals surface area (Å²) in [6, 6.07) is 2.16. The van der Waals surface area contributed by atoms with E-state index < -0.39 is 17.5 Å². The molecule has 2 N–H and O–H groups in total. The third-order valence-corrected chi connectivity index (χ3v) is 2.78. The molecule has 5 nitrogen and oxygen atoms in total. The first-order chi connectivity index (χ1) is 8.61. The van der Waals surface area contributed by atoms with Crippen LogP contribution in [-0.4, -0.2) is 37.4 Å². The molecule has 1 atom stereocenters. The zero-order valence-electron chi connectivity index (χ0n) is 9.90. The molecule has 1 aromatic rings. The van der Waals surface area contributed by atoms with E-state index in [1.165, 1.54) is 7.11 Å². The number of hydrogen-bond donors (Lipinski definition) is 2. The van der Waals surface area contributed by atoms with Gasteiger partial charge in [-0.2, -0.15) is 0 Å². The Morgan fingerprint density at radius 2 is 2.39 bits per heavy atom. The third-order valence-electron chi connectivity index (χ3n) is 2.78. The number of aromatic hydroxyl groups is 1. The lowest BCUT2D eigenvalue weighted by atomic mass is 10.1. The van der Waals surface area contributed by atoms with Gasteiger partial charge in [0, 0.05) is 12.7 Å². The van der Waals surface area contributed by atoms with Crippen LogP contribution in [0.2, 0.25) is 0 Å². The Morgan fingerprint density at radius 3 is 3.00 bits per heavy atom. The van der Waals surface area contributed by atoms with Crippen molar-refractivity contribution in [2.24, 2.45) is 0 Å². The summed E-state index contributed by atoms with van der Waals surface area (Å²) >= 11 is 0. The molecule has 0 saturated carbocycles. The van der Waals surface area contributed by atoms with Crippen LogP contribution in [0, 0.1) is 5.82 Å². The number of carbonyl (C=O) groups is 1. The minimum absolute atomic E-state index is 0.0253. The molecule has 1 heterocycles. The highest BCUT2D eigenvalue weighted by Crippen LogP contribution is 2.27. The van der Waals surface area contributed by atoms with E-state index in [0.29, 0.717) is 18.9 Å². The monoisotopic (exact) mass is 255 g/mol. The molecular formula is C12H14FNO4. The van der Waals surface area contributed by atoms with Crippen LogP contribution in [0.25, 0.3) is 0 Å². The van der Waals surface area contributed by atoms with Crippen molar-refractivity contribution in [3.63, 3.8) is 0 Å². The van der Waals surface area contributed by atoms with Crippen LogP contribution in [0.4, 0.5) is 10.1 Å². The van der Waals surface area contributed by atoms with Crippen LogP contribution >= 0.6 is 0 Å². The number of phenols is 1. The number of rotatable bonds is 3. The highest BCUT2D eigenvalue weighted by molar-refractivity contribution is 5.96. The largest absolute Gasteiger partial charge is 0.505 e. The van der Waals surface area contributed by atoms with Gasteiger partial charge >= 0.3 is 5.97 Å². The van der Waals surface area contributed by atoms with E-state index in [1.807, 2.05) is 0 Å². The predicted molar refractivity (Wildman–Crippen MR) is 62.3 cm³/mol. The number of phenolic OH excluding ortho intramolecular Hbond substituents is 1. The maximum atomic E-state index is 13.3. The molecular weight excluding hydrogens is 241 g/mol. The van der Waals surface area contributed by atoms with Crippen LogP contribution in [0.15, 0.2) is 12.1 Å². The number of carbonyl (C=O) groups excluding carboxylic acids is 1. The first-order valence-corrected chi connectivity index (χ1v) is 5.57. The number of halogens is 1. The molecule has 0 amide bonds. The van der Waals surface area contributed by atoms with Gasteiger partial charge in [0.05, 0.1) is 31.0 Å². The van der Waals surface area contributed by atoms with E-state index in [-0.39, 0.29) is 11.6 Å². The van der Waals surface area contributed by atoms with E-state index >= 15 is 0 Å². The van der Waals surface area contributed by atoms with Crippen LogP contribution in [0.1, 0.15) is 16.8 Å². The molecule has 0 unspecified atom stereocenters. The molecule has 1 saturated heterocycles. The zero-order chi connectivity index (χ0) is 13.1. The third kappa shape index (κ3) is 2.53. The first kappa shape index (κ1) is 12.6. The minimum atomic E-state index is -0.788. The summed E-state index contributed by atoms with van der Waals surface area (Å²) in [7, 11) is 1.23. The Labute approximate surface area is 104 Å². The molecule has 1 aromatic carbocycles. The second-order valence-electron chi connectivity index (χ2n) is 4.05. The molecule has 0 radical (unpaired) electrons. The fraction of sp³-hybridized carbons (Fsp3) is 0.417. The van der Waals surface area contributed by atoms with Gasteiger partial charge in [0.1, 0.15) is 0 Å². The lowest BCUT2D eigenvalue weighted by molar-refractivity contribution is 0.0601. The maximum absolute atomic E-state index is 13.3. The maximum Gasteiger partial charge on any atom is 0.340 e. The van der Waals surface area contributed by atoms with Gasteiger partial charge in [0.2, 0.25) is 0 Å². The number of methoxy groups -OCH3 is 1. The molecule has 18 heavy (non-hydrogen) atoms. The summed E-state index contributed by atoms with van der Waals surface area (Å²) in [5, 5.41) is 12.3. The number of esters is 1. The Kier molecular flexibility index (Phi) is 3.66. The Bertz CT molecular complexity index is 458. The van der Waals surface area contributed by atoms with Crippen LogP contribution < -0.4 is 5.32 Å². The molecule has 0 aromatic heterocycles. The lowest BCUT2D eigenvalue weighted by Crippen LogP contribution is -2.21. The topological polar surface area (TPSA) is 67.8 Å². The van der Waals surface area contributed by atoms with Crippen LogP contribution in [0.5, 0.6) is 5.75 Å². The van der Waals surface area contributed by atoms with Gasteiger partial charge in [-0.3, -0.25) is 0 Å². The quantitative estimate of drug-likeness (QED) is 0.633. The number of hydrogen-bond acceptors (Lipinski definition) is 5. The van der Waals surface area contributed by atoms with Crippen molar-refractivity contribution in [1.82, 2.24) is 0 Å². The van der Waals surface area contributed by atoms with E-state index in [9.17, 15) is 14.3 Å². The van der Waals surface area contributed by atoms with Gasteiger partial charge in [-0.15, -0.1) is 0 Å². The van der Waals surface area contributed by atoms with E-state index in [4.69, 9.17) is 4.74 Å². The number of benzene rings is 1. The molecule has 1 aliphatic rings. The zero-order valence-corrected chi connectivity index (χ0v) is 9.90. The smallest absolute Gasteiger partial charge is 0.340 e. The normalized spacial score (nSPS) is 18.7. The van der Waals surface area contributed by atoms with Crippen molar-refractivity contribution in [1.29, 1.82) is 0 Å². The standard InChI is InChI=1S/C12H14FNO4/c1-17-12(16)8-4-11(15)9(13)5-10(8)14-7-2-3-18-6-7/h4-5,7,14-15H,2-3,6H2,1H3/t7-/m1/s1. The molecule has 0 bridgehead atoms. The fourth-order valence-electron chi connectivity index (χ4n) is 1.83. The average molecular weight is 255 g/mol. The van der Waals surface area contributed by atoms with Crippen molar-refractivity contribution in [3.8, 4) is 5.75 Å². The highest BCUT2D eigenvalue weighted by atomic mass is 19.1. The SMILES string of the molecule is COC(=O)c1cc(O)c(F)cc1N[C@@H]1CCOC1.